The minimum Gasteiger partial charge on any atom is -0.346 e. The summed E-state index contributed by atoms with van der Waals surface area (Å²) in [5.41, 5.74) is -1.51. The molecule has 1 unspecified atom stereocenters. The number of rotatable bonds is 13. The van der Waals surface area contributed by atoms with Crippen LogP contribution in [0.15, 0.2) is 12.7 Å². The highest BCUT2D eigenvalue weighted by molar-refractivity contribution is 7.90. The number of likely N-dealkylation sites (tertiary alicyclic amines) is 1. The lowest BCUT2D eigenvalue weighted by atomic mass is 9.85. The maximum Gasteiger partial charge on any atom is 0.315 e. The Balaban J connectivity index is 1.83. The Kier molecular flexibility index (Phi) is 11.5. The third-order valence-corrected chi connectivity index (χ3v) is 12.9. The van der Waals surface area contributed by atoms with Crippen LogP contribution in [0, 0.1) is 34.0 Å². The van der Waals surface area contributed by atoms with Gasteiger partial charge in [-0.05, 0) is 67.6 Å². The predicted octanol–water partition coefficient (Wildman–Crippen LogP) is 2.42. The first-order valence-electron chi connectivity index (χ1n) is 17.2. The zero-order valence-corrected chi connectivity index (χ0v) is 32.3. The van der Waals surface area contributed by atoms with Gasteiger partial charge in [0, 0.05) is 32.7 Å². The van der Waals surface area contributed by atoms with E-state index in [1.807, 2.05) is 55.4 Å². The van der Waals surface area contributed by atoms with Crippen molar-refractivity contribution in [3.63, 3.8) is 0 Å². The Labute approximate surface area is 293 Å². The molecule has 49 heavy (non-hydrogen) atoms. The molecule has 6 atom stereocenters. The SMILES string of the molecule is C=CCNC(=O)C(=O)C(NC(=O)[C@@H]1[C@@H]2[C@H](CN1C(=O)[C@@H](NC(=O)N[C@H](CN(C)S(=O)(=O)C(C)(C)C)C(C)(C)C)C(C)(C)C)C2(C)C)C1CC1. The van der Waals surface area contributed by atoms with E-state index < -0.39 is 79.3 Å². The van der Waals surface area contributed by atoms with Gasteiger partial charge in [0.25, 0.3) is 5.91 Å². The summed E-state index contributed by atoms with van der Waals surface area (Å²) in [6.45, 7) is 24.1. The number of nitrogens with zero attached hydrogens (tertiary/aromatic N) is 2. The van der Waals surface area contributed by atoms with E-state index in [-0.39, 0.29) is 36.3 Å². The molecule has 2 aliphatic carbocycles. The molecular weight excluding hydrogens is 648 g/mol. The molecule has 1 saturated heterocycles. The second-order valence-electron chi connectivity index (χ2n) is 17.8. The second-order valence-corrected chi connectivity index (χ2v) is 20.6. The maximum absolute atomic E-state index is 14.4. The number of carbonyl (C=O) groups is 5. The van der Waals surface area contributed by atoms with Gasteiger partial charge in [-0.2, -0.15) is 0 Å². The van der Waals surface area contributed by atoms with Crippen molar-refractivity contribution in [1.82, 2.24) is 30.5 Å². The van der Waals surface area contributed by atoms with Crippen molar-refractivity contribution in [2.75, 3.05) is 26.7 Å². The number of fused-ring (bicyclic) bond motifs is 1. The van der Waals surface area contributed by atoms with Gasteiger partial charge in [0.05, 0.1) is 4.75 Å². The van der Waals surface area contributed by atoms with Gasteiger partial charge in [0.2, 0.25) is 27.6 Å². The standard InChI is InChI=1S/C35H60N6O7S/c1-14-17-36-29(44)26(42)24(20-15-16-20)38-28(43)25-23-21(35(23,11)12)18-41(25)30(45)27(33(5,6)7)39-31(46)37-22(32(2,3)4)19-40(13)49(47,48)34(8,9)10/h14,20-25,27H,1,15-19H2,2-13H3,(H,36,44)(H,38,43)(H2,37,39,46)/t21-,22+,23-,24?,25-,27+/m0/s1. The van der Waals surface area contributed by atoms with E-state index >= 15 is 0 Å². The molecule has 13 nitrogen and oxygen atoms in total. The van der Waals surface area contributed by atoms with Crippen LogP contribution < -0.4 is 21.3 Å². The molecular formula is C35H60N6O7S. The lowest BCUT2D eigenvalue weighted by Crippen LogP contribution is -2.63. The van der Waals surface area contributed by atoms with E-state index in [1.54, 1.807) is 20.8 Å². The topological polar surface area (TPSA) is 174 Å². The molecule has 0 spiro atoms. The van der Waals surface area contributed by atoms with E-state index in [0.29, 0.717) is 19.4 Å². The Hall–Kier alpha value is -3.00. The maximum atomic E-state index is 14.4. The number of urea groups is 1. The Bertz CT molecular complexity index is 1430. The van der Waals surface area contributed by atoms with Crippen molar-refractivity contribution in [1.29, 1.82) is 0 Å². The Morgan fingerprint density at radius 3 is 1.98 bits per heavy atom. The van der Waals surface area contributed by atoms with E-state index in [0.717, 1.165) is 0 Å². The van der Waals surface area contributed by atoms with Crippen LogP contribution in [0.1, 0.15) is 89.0 Å². The van der Waals surface area contributed by atoms with Gasteiger partial charge in [-0.15, -0.1) is 6.58 Å². The van der Waals surface area contributed by atoms with Crippen molar-refractivity contribution in [2.24, 2.45) is 34.0 Å². The van der Waals surface area contributed by atoms with Gasteiger partial charge >= 0.3 is 6.03 Å². The Morgan fingerprint density at radius 2 is 1.51 bits per heavy atom. The first kappa shape index (κ1) is 40.4. The molecule has 0 aromatic rings. The first-order chi connectivity index (χ1) is 22.2. The van der Waals surface area contributed by atoms with Gasteiger partial charge in [0.15, 0.2) is 0 Å². The Morgan fingerprint density at radius 1 is 0.939 bits per heavy atom. The van der Waals surface area contributed by atoms with Gasteiger partial charge in [-0.3, -0.25) is 19.2 Å². The smallest absolute Gasteiger partial charge is 0.315 e. The summed E-state index contributed by atoms with van der Waals surface area (Å²) in [7, 11) is -2.19. The molecule has 278 valence electrons. The summed E-state index contributed by atoms with van der Waals surface area (Å²) in [6.07, 6.45) is 2.87. The molecule has 4 N–H and O–H groups in total. The lowest BCUT2D eigenvalue weighted by molar-refractivity contribution is -0.145. The summed E-state index contributed by atoms with van der Waals surface area (Å²) in [4.78, 5) is 69.1. The zero-order valence-electron chi connectivity index (χ0n) is 31.5. The fraction of sp³-hybridized carbons (Fsp3) is 0.800. The second kappa shape index (κ2) is 14.0. The number of likely N-dealkylation sites (N-methyl/N-ethyl adjacent to an activating group) is 1. The van der Waals surface area contributed by atoms with Gasteiger partial charge in [-0.1, -0.05) is 61.5 Å². The van der Waals surface area contributed by atoms with Crippen LogP contribution in [0.3, 0.4) is 0 Å². The number of sulfonamides is 1. The van der Waals surface area contributed by atoms with Crippen LogP contribution in [0.25, 0.3) is 0 Å². The molecule has 1 heterocycles. The highest BCUT2D eigenvalue weighted by atomic mass is 32.2. The zero-order chi connectivity index (χ0) is 37.7. The molecule has 0 radical (unpaired) electrons. The van der Waals surface area contributed by atoms with Crippen LogP contribution in [-0.4, -0.2) is 103 Å². The lowest BCUT2D eigenvalue weighted by Gasteiger charge is -2.39. The number of nitrogens with one attached hydrogen (secondary N) is 4. The average molecular weight is 709 g/mol. The molecule has 3 aliphatic rings. The summed E-state index contributed by atoms with van der Waals surface area (Å²) < 4.78 is 26.4. The summed E-state index contributed by atoms with van der Waals surface area (Å²) in [5.74, 6) is -2.68. The first-order valence-corrected chi connectivity index (χ1v) is 18.7. The van der Waals surface area contributed by atoms with Crippen molar-refractivity contribution >= 4 is 39.6 Å². The normalized spacial score (nSPS) is 23.9. The number of hydrogen-bond acceptors (Lipinski definition) is 7. The van der Waals surface area contributed by atoms with Crippen molar-refractivity contribution in [2.45, 2.75) is 118 Å². The number of piperidine rings is 1. The number of hydrogen-bond donors (Lipinski definition) is 4. The number of Topliss-reactive ketones (excluding diaryl/α,β-unsaturated/α-hetero) is 1. The molecule has 14 heteroatoms. The molecule has 0 aromatic carbocycles. The quantitative estimate of drug-likeness (QED) is 0.168. The summed E-state index contributed by atoms with van der Waals surface area (Å²) in [5, 5.41) is 11.1. The highest BCUT2D eigenvalue weighted by Gasteiger charge is 2.70. The summed E-state index contributed by atoms with van der Waals surface area (Å²) in [6, 6.07) is -4.15. The molecule has 2 saturated carbocycles. The van der Waals surface area contributed by atoms with Crippen LogP contribution in [0.5, 0.6) is 0 Å². The van der Waals surface area contributed by atoms with Crippen LogP contribution in [-0.2, 0) is 29.2 Å². The van der Waals surface area contributed by atoms with Crippen LogP contribution in [0.4, 0.5) is 4.79 Å². The highest BCUT2D eigenvalue weighted by Crippen LogP contribution is 2.65. The summed E-state index contributed by atoms with van der Waals surface area (Å²) >= 11 is 0. The molecule has 5 amide bonds. The molecule has 0 bridgehead atoms. The number of amides is 5. The minimum absolute atomic E-state index is 0.0178. The van der Waals surface area contributed by atoms with Crippen molar-refractivity contribution in [3.05, 3.63) is 12.7 Å². The van der Waals surface area contributed by atoms with Crippen LogP contribution >= 0.6 is 0 Å². The van der Waals surface area contributed by atoms with Gasteiger partial charge in [0.1, 0.15) is 18.1 Å². The third kappa shape index (κ3) is 8.84. The largest absolute Gasteiger partial charge is 0.346 e. The fourth-order valence-corrected chi connectivity index (χ4v) is 8.06. The molecule has 1 aliphatic heterocycles. The number of carbonyl (C=O) groups excluding carboxylic acids is 5. The van der Waals surface area contributed by atoms with Gasteiger partial charge < -0.3 is 26.2 Å². The predicted molar refractivity (Wildman–Crippen MR) is 189 cm³/mol. The molecule has 0 aromatic heterocycles. The van der Waals surface area contributed by atoms with E-state index in [2.05, 4.69) is 27.8 Å². The fourth-order valence-electron chi connectivity index (χ4n) is 6.78. The molecule has 3 rings (SSSR count). The molecule has 3 fully saturated rings. The number of ketones is 1. The third-order valence-electron chi connectivity index (χ3n) is 10.4. The van der Waals surface area contributed by atoms with E-state index in [4.69, 9.17) is 0 Å². The van der Waals surface area contributed by atoms with Gasteiger partial charge in [-0.25, -0.2) is 17.5 Å². The van der Waals surface area contributed by atoms with Crippen molar-refractivity contribution < 1.29 is 32.4 Å². The van der Waals surface area contributed by atoms with E-state index in [1.165, 1.54) is 22.3 Å². The van der Waals surface area contributed by atoms with Crippen molar-refractivity contribution in [3.8, 4) is 0 Å². The van der Waals surface area contributed by atoms with E-state index in [9.17, 15) is 32.4 Å². The average Bonchev–Trinajstić information content (AvgIpc) is 3.83. The minimum atomic E-state index is -3.67. The monoisotopic (exact) mass is 708 g/mol. The van der Waals surface area contributed by atoms with Crippen LogP contribution in [0.2, 0.25) is 0 Å².